The average Bonchev–Trinajstić information content (AvgIpc) is 3.00. The summed E-state index contributed by atoms with van der Waals surface area (Å²) in [6.07, 6.45) is 0. The van der Waals surface area contributed by atoms with Gasteiger partial charge in [-0.25, -0.2) is 0 Å². The van der Waals surface area contributed by atoms with Gasteiger partial charge in [-0.3, -0.25) is 0 Å². The van der Waals surface area contributed by atoms with Crippen LogP contribution in [0.15, 0.2) is 133 Å². The molecule has 0 amide bonds. The fourth-order valence-corrected chi connectivity index (χ4v) is 5.83. The molecule has 0 aliphatic rings. The van der Waals surface area contributed by atoms with E-state index in [4.69, 9.17) is 0 Å². The Morgan fingerprint density at radius 2 is 0.854 bits per heavy atom. The van der Waals surface area contributed by atoms with Crippen molar-refractivity contribution in [1.82, 2.24) is 0 Å². The molecule has 0 spiro atoms. The molecule has 0 atom stereocenters. The Bertz CT molecular complexity index is 1970. The summed E-state index contributed by atoms with van der Waals surface area (Å²) >= 11 is 0. The van der Waals surface area contributed by atoms with Crippen molar-refractivity contribution in [2.24, 2.45) is 0 Å². The summed E-state index contributed by atoms with van der Waals surface area (Å²) in [4.78, 5) is 2.40. The van der Waals surface area contributed by atoms with Crippen molar-refractivity contribution in [1.29, 1.82) is 0 Å². The number of benzene rings is 7. The molecule has 41 heavy (non-hydrogen) atoms. The van der Waals surface area contributed by atoms with Crippen LogP contribution in [0, 0.1) is 20.8 Å². The van der Waals surface area contributed by atoms with E-state index >= 15 is 0 Å². The molecule has 7 aromatic carbocycles. The summed E-state index contributed by atoms with van der Waals surface area (Å²) in [7, 11) is 0. The predicted molar refractivity (Wildman–Crippen MR) is 178 cm³/mol. The highest BCUT2D eigenvalue weighted by molar-refractivity contribution is 6.24. The fraction of sp³-hybridized carbons (Fsp3) is 0.0769. The zero-order valence-corrected chi connectivity index (χ0v) is 23.6. The van der Waals surface area contributed by atoms with Crippen molar-refractivity contribution in [3.8, 4) is 0 Å². The minimum absolute atomic E-state index is 1.09. The lowest BCUT2D eigenvalue weighted by molar-refractivity contribution is 1.28. The number of nitrogens with one attached hydrogen (secondary N) is 1. The van der Waals surface area contributed by atoms with Gasteiger partial charge in [-0.1, -0.05) is 102 Å². The molecule has 2 nitrogen and oxygen atoms in total. The molecule has 0 bridgehead atoms. The SMILES string of the molecule is Cc1ccc(Nc2cc3c4ccccc4c(N(c4ccc(C)cc4)c4ccc(C)cc4)cc3c3ccccc23)cc1. The highest BCUT2D eigenvalue weighted by Crippen LogP contribution is 2.45. The second-order valence-electron chi connectivity index (χ2n) is 11.0. The maximum atomic E-state index is 3.72. The number of hydrogen-bond donors (Lipinski definition) is 1. The first-order chi connectivity index (χ1) is 20.0. The van der Waals surface area contributed by atoms with Crippen molar-refractivity contribution in [2.45, 2.75) is 20.8 Å². The third kappa shape index (κ3) is 4.58. The minimum Gasteiger partial charge on any atom is -0.355 e. The molecule has 0 aromatic heterocycles. The maximum absolute atomic E-state index is 3.72. The quantitative estimate of drug-likeness (QED) is 0.224. The van der Waals surface area contributed by atoms with Crippen LogP contribution in [0.3, 0.4) is 0 Å². The summed E-state index contributed by atoms with van der Waals surface area (Å²) in [6.45, 7) is 6.40. The Hall–Kier alpha value is -5.08. The van der Waals surface area contributed by atoms with Gasteiger partial charge < -0.3 is 10.2 Å². The van der Waals surface area contributed by atoms with Gasteiger partial charge in [0.15, 0.2) is 0 Å². The normalized spacial score (nSPS) is 11.3. The first kappa shape index (κ1) is 24.9. The van der Waals surface area contributed by atoms with Gasteiger partial charge in [-0.05, 0) is 90.8 Å². The molecule has 2 heteroatoms. The van der Waals surface area contributed by atoms with Crippen LogP contribution in [0.25, 0.3) is 32.3 Å². The highest BCUT2D eigenvalue weighted by atomic mass is 15.1. The molecule has 1 N–H and O–H groups in total. The number of aryl methyl sites for hydroxylation is 3. The van der Waals surface area contributed by atoms with Crippen LogP contribution in [0.5, 0.6) is 0 Å². The monoisotopic (exact) mass is 528 g/mol. The lowest BCUT2D eigenvalue weighted by atomic mass is 9.94. The van der Waals surface area contributed by atoms with Crippen LogP contribution in [-0.4, -0.2) is 0 Å². The second-order valence-corrected chi connectivity index (χ2v) is 11.0. The van der Waals surface area contributed by atoms with E-state index in [0.29, 0.717) is 0 Å². The fourth-order valence-electron chi connectivity index (χ4n) is 5.83. The first-order valence-corrected chi connectivity index (χ1v) is 14.2. The second kappa shape index (κ2) is 10.1. The minimum atomic E-state index is 1.09. The van der Waals surface area contributed by atoms with Gasteiger partial charge in [0.05, 0.1) is 5.69 Å². The lowest BCUT2D eigenvalue weighted by Crippen LogP contribution is -2.10. The van der Waals surface area contributed by atoms with E-state index in [9.17, 15) is 0 Å². The number of fused-ring (bicyclic) bond motifs is 5. The number of rotatable bonds is 5. The van der Waals surface area contributed by atoms with Gasteiger partial charge >= 0.3 is 0 Å². The van der Waals surface area contributed by atoms with Crippen molar-refractivity contribution in [2.75, 3.05) is 10.2 Å². The third-order valence-electron chi connectivity index (χ3n) is 8.02. The van der Waals surface area contributed by atoms with Crippen LogP contribution >= 0.6 is 0 Å². The highest BCUT2D eigenvalue weighted by Gasteiger charge is 2.19. The van der Waals surface area contributed by atoms with E-state index in [1.54, 1.807) is 0 Å². The van der Waals surface area contributed by atoms with Crippen molar-refractivity contribution >= 4 is 60.8 Å². The van der Waals surface area contributed by atoms with E-state index < -0.39 is 0 Å². The van der Waals surface area contributed by atoms with Crippen LogP contribution < -0.4 is 10.2 Å². The standard InChI is InChI=1S/C39H32N2/c1-26-12-18-29(19-13-26)40-38-24-36-33-9-5-7-11-35(33)39(25-37(36)32-8-4-6-10-34(32)38)41(30-20-14-27(2)15-21-30)31-22-16-28(3)17-23-31/h4-25,40H,1-3H3. The molecule has 0 aliphatic carbocycles. The van der Waals surface area contributed by atoms with Gasteiger partial charge in [0.2, 0.25) is 0 Å². The summed E-state index contributed by atoms with van der Waals surface area (Å²) in [5.41, 5.74) is 9.42. The van der Waals surface area contributed by atoms with Gasteiger partial charge in [0.25, 0.3) is 0 Å². The summed E-state index contributed by atoms with van der Waals surface area (Å²) in [5, 5.41) is 11.1. The molecule has 0 saturated heterocycles. The van der Waals surface area contributed by atoms with Crippen molar-refractivity contribution in [3.05, 3.63) is 150 Å². The molecule has 7 rings (SSSR count). The first-order valence-electron chi connectivity index (χ1n) is 14.2. The topological polar surface area (TPSA) is 15.3 Å². The maximum Gasteiger partial charge on any atom is 0.0546 e. The van der Waals surface area contributed by atoms with E-state index in [-0.39, 0.29) is 0 Å². The van der Waals surface area contributed by atoms with Gasteiger partial charge in [-0.2, -0.15) is 0 Å². The molecule has 0 aliphatic heterocycles. The van der Waals surface area contributed by atoms with E-state index in [0.717, 1.165) is 22.7 Å². The van der Waals surface area contributed by atoms with Crippen molar-refractivity contribution < 1.29 is 0 Å². The Labute approximate surface area is 241 Å². The van der Waals surface area contributed by atoms with Crippen molar-refractivity contribution in [3.63, 3.8) is 0 Å². The molecular formula is C39H32N2. The third-order valence-corrected chi connectivity index (χ3v) is 8.02. The lowest BCUT2D eigenvalue weighted by Gasteiger charge is -2.28. The Balaban J connectivity index is 1.53. The van der Waals surface area contributed by atoms with Crippen LogP contribution in [0.1, 0.15) is 16.7 Å². The van der Waals surface area contributed by atoms with Crippen LogP contribution in [0.4, 0.5) is 28.4 Å². The molecule has 0 radical (unpaired) electrons. The molecule has 0 saturated carbocycles. The Kier molecular flexibility index (Phi) is 6.17. The van der Waals surface area contributed by atoms with Gasteiger partial charge in [0.1, 0.15) is 0 Å². The Morgan fingerprint density at radius 3 is 1.41 bits per heavy atom. The number of nitrogens with zero attached hydrogens (tertiary/aromatic N) is 1. The number of anilines is 5. The van der Waals surface area contributed by atoms with Crippen LogP contribution in [0.2, 0.25) is 0 Å². The van der Waals surface area contributed by atoms with Gasteiger partial charge in [-0.15, -0.1) is 0 Å². The largest absolute Gasteiger partial charge is 0.355 e. The Morgan fingerprint density at radius 1 is 0.415 bits per heavy atom. The molecule has 0 fully saturated rings. The van der Waals surface area contributed by atoms with Crippen LogP contribution in [-0.2, 0) is 0 Å². The van der Waals surface area contributed by atoms with E-state index in [1.165, 1.54) is 54.7 Å². The van der Waals surface area contributed by atoms with E-state index in [1.807, 2.05) is 0 Å². The summed E-state index contributed by atoms with van der Waals surface area (Å²) in [6, 6.07) is 48.5. The molecule has 7 aromatic rings. The molecular weight excluding hydrogens is 496 g/mol. The molecule has 198 valence electrons. The number of hydrogen-bond acceptors (Lipinski definition) is 2. The summed E-state index contributed by atoms with van der Waals surface area (Å²) < 4.78 is 0. The zero-order valence-electron chi connectivity index (χ0n) is 23.6. The smallest absolute Gasteiger partial charge is 0.0546 e. The molecule has 0 heterocycles. The van der Waals surface area contributed by atoms with Gasteiger partial charge in [0, 0.05) is 33.5 Å². The average molecular weight is 529 g/mol. The zero-order chi connectivity index (χ0) is 27.9. The molecule has 0 unspecified atom stereocenters. The summed E-state index contributed by atoms with van der Waals surface area (Å²) in [5.74, 6) is 0. The predicted octanol–water partition coefficient (Wildman–Crippen LogP) is 11.3. The van der Waals surface area contributed by atoms with E-state index in [2.05, 4.69) is 164 Å².